The zero-order chi connectivity index (χ0) is 11.5. The Bertz CT molecular complexity index is 494. The van der Waals surface area contributed by atoms with Crippen LogP contribution < -0.4 is 4.74 Å². The Morgan fingerprint density at radius 1 is 1.19 bits per heavy atom. The van der Waals surface area contributed by atoms with Gasteiger partial charge >= 0.3 is 0 Å². The summed E-state index contributed by atoms with van der Waals surface area (Å²) in [5, 5.41) is 0. The molecule has 2 aromatic rings. The van der Waals surface area contributed by atoms with Crippen molar-refractivity contribution in [2.24, 2.45) is 0 Å². The summed E-state index contributed by atoms with van der Waals surface area (Å²) in [6, 6.07) is 9.93. The standard InChI is InChI=1S/C13H12BrNO/c1-9-7-12(14)13(15-8-9)10-3-5-11(16-2)6-4-10/h3-8H,1-2H3. The fraction of sp³-hybridized carbons (Fsp3) is 0.154. The van der Waals surface area contributed by atoms with Gasteiger partial charge in [0, 0.05) is 16.2 Å². The van der Waals surface area contributed by atoms with Gasteiger partial charge in [-0.3, -0.25) is 4.98 Å². The zero-order valence-corrected chi connectivity index (χ0v) is 10.8. The molecule has 0 spiro atoms. The molecule has 0 aliphatic rings. The van der Waals surface area contributed by atoms with Crippen molar-refractivity contribution < 1.29 is 4.74 Å². The van der Waals surface area contributed by atoms with Gasteiger partial charge in [0.05, 0.1) is 12.8 Å². The minimum absolute atomic E-state index is 0.854. The van der Waals surface area contributed by atoms with E-state index < -0.39 is 0 Å². The summed E-state index contributed by atoms with van der Waals surface area (Å²) in [5.74, 6) is 0.854. The van der Waals surface area contributed by atoms with Crippen LogP contribution in [0.1, 0.15) is 5.56 Å². The van der Waals surface area contributed by atoms with Gasteiger partial charge in [-0.2, -0.15) is 0 Å². The van der Waals surface area contributed by atoms with Crippen LogP contribution in [0.15, 0.2) is 41.0 Å². The van der Waals surface area contributed by atoms with Crippen molar-refractivity contribution in [3.8, 4) is 17.0 Å². The maximum atomic E-state index is 5.12. The number of nitrogens with zero attached hydrogens (tertiary/aromatic N) is 1. The van der Waals surface area contributed by atoms with Crippen molar-refractivity contribution in [1.29, 1.82) is 0 Å². The molecule has 82 valence electrons. The fourth-order valence-electron chi connectivity index (χ4n) is 1.49. The first kappa shape index (κ1) is 11.1. The summed E-state index contributed by atoms with van der Waals surface area (Å²) in [6.07, 6.45) is 1.87. The van der Waals surface area contributed by atoms with Crippen molar-refractivity contribution in [2.45, 2.75) is 6.92 Å². The number of rotatable bonds is 2. The van der Waals surface area contributed by atoms with Crippen LogP contribution in [-0.4, -0.2) is 12.1 Å². The van der Waals surface area contributed by atoms with Gasteiger partial charge in [0.25, 0.3) is 0 Å². The lowest BCUT2D eigenvalue weighted by molar-refractivity contribution is 0.415. The molecule has 16 heavy (non-hydrogen) atoms. The molecule has 0 aliphatic heterocycles. The number of benzene rings is 1. The normalized spacial score (nSPS) is 10.2. The van der Waals surface area contributed by atoms with E-state index >= 15 is 0 Å². The fourth-order valence-corrected chi connectivity index (χ4v) is 2.19. The van der Waals surface area contributed by atoms with Crippen molar-refractivity contribution in [3.05, 3.63) is 46.6 Å². The van der Waals surface area contributed by atoms with Gasteiger partial charge in [0.1, 0.15) is 5.75 Å². The molecule has 0 aliphatic carbocycles. The third kappa shape index (κ3) is 2.25. The average molecular weight is 278 g/mol. The van der Waals surface area contributed by atoms with E-state index in [1.54, 1.807) is 7.11 Å². The van der Waals surface area contributed by atoms with E-state index in [2.05, 4.69) is 27.0 Å². The highest BCUT2D eigenvalue weighted by molar-refractivity contribution is 9.10. The van der Waals surface area contributed by atoms with Crippen LogP contribution in [0.25, 0.3) is 11.3 Å². The summed E-state index contributed by atoms with van der Waals surface area (Å²) >= 11 is 3.53. The summed E-state index contributed by atoms with van der Waals surface area (Å²) in [7, 11) is 1.66. The van der Waals surface area contributed by atoms with Crippen LogP contribution >= 0.6 is 15.9 Å². The molecule has 0 bridgehead atoms. The Kier molecular flexibility index (Phi) is 3.25. The summed E-state index contributed by atoms with van der Waals surface area (Å²) in [5.41, 5.74) is 3.17. The third-order valence-corrected chi connectivity index (χ3v) is 2.95. The Balaban J connectivity index is 2.42. The highest BCUT2D eigenvalue weighted by Gasteiger charge is 2.04. The molecule has 0 N–H and O–H groups in total. The lowest BCUT2D eigenvalue weighted by atomic mass is 10.1. The molecule has 3 heteroatoms. The molecule has 0 amide bonds. The Labute approximate surface area is 103 Å². The number of aromatic nitrogens is 1. The van der Waals surface area contributed by atoms with E-state index in [0.29, 0.717) is 0 Å². The van der Waals surface area contributed by atoms with E-state index in [-0.39, 0.29) is 0 Å². The van der Waals surface area contributed by atoms with Crippen molar-refractivity contribution in [3.63, 3.8) is 0 Å². The van der Waals surface area contributed by atoms with E-state index in [1.165, 1.54) is 0 Å². The second kappa shape index (κ2) is 4.66. The van der Waals surface area contributed by atoms with Crippen molar-refractivity contribution in [2.75, 3.05) is 7.11 Å². The molecule has 0 saturated carbocycles. The highest BCUT2D eigenvalue weighted by Crippen LogP contribution is 2.27. The number of hydrogen-bond donors (Lipinski definition) is 0. The molecule has 0 radical (unpaired) electrons. The molecular weight excluding hydrogens is 266 g/mol. The first-order valence-electron chi connectivity index (χ1n) is 4.97. The number of aryl methyl sites for hydroxylation is 1. The molecule has 0 unspecified atom stereocenters. The summed E-state index contributed by atoms with van der Waals surface area (Å²) in [4.78, 5) is 4.42. The van der Waals surface area contributed by atoms with Crippen LogP contribution in [0.4, 0.5) is 0 Å². The van der Waals surface area contributed by atoms with Crippen LogP contribution in [-0.2, 0) is 0 Å². The second-order valence-corrected chi connectivity index (χ2v) is 4.43. The largest absolute Gasteiger partial charge is 0.497 e. The van der Waals surface area contributed by atoms with Crippen LogP contribution in [0.2, 0.25) is 0 Å². The van der Waals surface area contributed by atoms with E-state index in [1.807, 2.05) is 37.4 Å². The number of halogens is 1. The first-order valence-corrected chi connectivity index (χ1v) is 5.76. The van der Waals surface area contributed by atoms with Gasteiger partial charge in [-0.1, -0.05) is 0 Å². The first-order chi connectivity index (χ1) is 7.70. The Hall–Kier alpha value is -1.35. The molecule has 1 aromatic heterocycles. The van der Waals surface area contributed by atoms with E-state index in [4.69, 9.17) is 4.74 Å². The topological polar surface area (TPSA) is 22.1 Å². The summed E-state index contributed by atoms with van der Waals surface area (Å²) < 4.78 is 6.13. The summed E-state index contributed by atoms with van der Waals surface area (Å²) in [6.45, 7) is 2.02. The molecular formula is C13H12BrNO. The number of hydrogen-bond acceptors (Lipinski definition) is 2. The van der Waals surface area contributed by atoms with Crippen molar-refractivity contribution in [1.82, 2.24) is 4.98 Å². The second-order valence-electron chi connectivity index (χ2n) is 3.57. The van der Waals surface area contributed by atoms with Crippen LogP contribution in [0.5, 0.6) is 5.75 Å². The Morgan fingerprint density at radius 3 is 2.44 bits per heavy atom. The molecule has 1 heterocycles. The van der Waals surface area contributed by atoms with Gasteiger partial charge < -0.3 is 4.74 Å². The van der Waals surface area contributed by atoms with E-state index in [9.17, 15) is 0 Å². The zero-order valence-electron chi connectivity index (χ0n) is 9.20. The third-order valence-electron chi connectivity index (χ3n) is 2.34. The minimum Gasteiger partial charge on any atom is -0.497 e. The highest BCUT2D eigenvalue weighted by atomic mass is 79.9. The van der Waals surface area contributed by atoms with Crippen LogP contribution in [0, 0.1) is 6.92 Å². The molecule has 2 nitrogen and oxygen atoms in total. The maximum absolute atomic E-state index is 5.12. The maximum Gasteiger partial charge on any atom is 0.118 e. The lowest BCUT2D eigenvalue weighted by Crippen LogP contribution is -1.87. The Morgan fingerprint density at radius 2 is 1.88 bits per heavy atom. The molecule has 0 saturated heterocycles. The minimum atomic E-state index is 0.854. The molecule has 1 aromatic carbocycles. The molecule has 2 rings (SSSR count). The van der Waals surface area contributed by atoms with Gasteiger partial charge in [0.15, 0.2) is 0 Å². The van der Waals surface area contributed by atoms with E-state index in [0.717, 1.165) is 27.0 Å². The smallest absolute Gasteiger partial charge is 0.118 e. The predicted octanol–water partition coefficient (Wildman–Crippen LogP) is 3.83. The van der Waals surface area contributed by atoms with Gasteiger partial charge in [-0.05, 0) is 58.7 Å². The predicted molar refractivity (Wildman–Crippen MR) is 68.7 cm³/mol. The number of methoxy groups -OCH3 is 1. The monoisotopic (exact) mass is 277 g/mol. The number of pyridine rings is 1. The lowest BCUT2D eigenvalue weighted by Gasteiger charge is -2.05. The van der Waals surface area contributed by atoms with Gasteiger partial charge in [-0.25, -0.2) is 0 Å². The van der Waals surface area contributed by atoms with Crippen molar-refractivity contribution >= 4 is 15.9 Å². The van der Waals surface area contributed by atoms with Gasteiger partial charge in [-0.15, -0.1) is 0 Å². The SMILES string of the molecule is COc1ccc(-c2ncc(C)cc2Br)cc1. The van der Waals surface area contributed by atoms with Gasteiger partial charge in [0.2, 0.25) is 0 Å². The quantitative estimate of drug-likeness (QED) is 0.833. The van der Waals surface area contributed by atoms with Crippen LogP contribution in [0.3, 0.4) is 0 Å². The molecule has 0 fully saturated rings. The average Bonchev–Trinajstić information content (AvgIpc) is 2.29. The number of ether oxygens (including phenoxy) is 1. The molecule has 0 atom stereocenters.